The molecule has 3 aromatic rings. The maximum Gasteiger partial charge on any atom is 0.262 e. The Bertz CT molecular complexity index is 1050. The predicted octanol–water partition coefficient (Wildman–Crippen LogP) is 4.50. The van der Waals surface area contributed by atoms with E-state index in [1.165, 1.54) is 11.8 Å². The number of aromatic nitrogens is 2. The molecule has 0 fully saturated rings. The van der Waals surface area contributed by atoms with Gasteiger partial charge in [-0.05, 0) is 43.7 Å². The summed E-state index contributed by atoms with van der Waals surface area (Å²) in [5, 5.41) is 4.70. The van der Waals surface area contributed by atoms with Gasteiger partial charge in [0.05, 0.1) is 10.9 Å². The van der Waals surface area contributed by atoms with Crippen LogP contribution in [-0.2, 0) is 11.3 Å². The second-order valence-corrected chi connectivity index (χ2v) is 7.57. The van der Waals surface area contributed by atoms with E-state index in [1.54, 1.807) is 22.8 Å². The summed E-state index contributed by atoms with van der Waals surface area (Å²) in [5.41, 5.74) is 2.29. The molecule has 1 amide bonds. The van der Waals surface area contributed by atoms with Crippen LogP contribution in [0, 0.1) is 6.92 Å². The van der Waals surface area contributed by atoms with Crippen LogP contribution < -0.4 is 10.9 Å². The number of fused-ring (bicyclic) bond motifs is 1. The van der Waals surface area contributed by atoms with Gasteiger partial charge in [-0.3, -0.25) is 14.2 Å². The number of hydrogen-bond donors (Lipinski definition) is 1. The average Bonchev–Trinajstić information content (AvgIpc) is 2.65. The Morgan fingerprint density at radius 1 is 1.26 bits per heavy atom. The van der Waals surface area contributed by atoms with Gasteiger partial charge in [0.1, 0.15) is 0 Å². The fourth-order valence-corrected chi connectivity index (χ4v) is 3.89. The molecule has 0 bridgehead atoms. The first-order valence-corrected chi connectivity index (χ1v) is 10.0. The molecule has 3 rings (SSSR count). The van der Waals surface area contributed by atoms with Crippen molar-refractivity contribution in [1.29, 1.82) is 0 Å². The molecule has 1 aromatic heterocycles. The zero-order chi connectivity index (χ0) is 19.4. The number of amides is 1. The summed E-state index contributed by atoms with van der Waals surface area (Å²) in [6.07, 6.45) is 0.309. The third kappa shape index (κ3) is 4.51. The second kappa shape index (κ2) is 8.59. The van der Waals surface area contributed by atoms with E-state index in [0.29, 0.717) is 45.5 Å². The third-order valence-electron chi connectivity index (χ3n) is 4.18. The fraction of sp³-hybridized carbons (Fsp3) is 0.250. The molecule has 0 unspecified atom stereocenters. The maximum absolute atomic E-state index is 12.6. The highest BCUT2D eigenvalue weighted by atomic mass is 35.5. The lowest BCUT2D eigenvalue weighted by Crippen LogP contribution is -2.22. The van der Waals surface area contributed by atoms with Crippen molar-refractivity contribution in [3.05, 3.63) is 63.4 Å². The van der Waals surface area contributed by atoms with Gasteiger partial charge in [-0.15, -0.1) is 0 Å². The highest BCUT2D eigenvalue weighted by Gasteiger charge is 2.11. The zero-order valence-corrected chi connectivity index (χ0v) is 16.7. The average molecular weight is 402 g/mol. The first-order chi connectivity index (χ1) is 13.0. The van der Waals surface area contributed by atoms with Crippen LogP contribution >= 0.6 is 23.4 Å². The lowest BCUT2D eigenvalue weighted by Gasteiger charge is -2.11. The van der Waals surface area contributed by atoms with E-state index in [1.807, 2.05) is 38.1 Å². The van der Waals surface area contributed by atoms with E-state index in [-0.39, 0.29) is 11.5 Å². The molecule has 0 aliphatic carbocycles. The van der Waals surface area contributed by atoms with E-state index >= 15 is 0 Å². The Kier molecular flexibility index (Phi) is 6.19. The van der Waals surface area contributed by atoms with Crippen molar-refractivity contribution < 1.29 is 4.79 Å². The normalized spacial score (nSPS) is 10.9. The van der Waals surface area contributed by atoms with Crippen molar-refractivity contribution in [2.24, 2.45) is 0 Å². The molecule has 2 aromatic carbocycles. The molecule has 27 heavy (non-hydrogen) atoms. The van der Waals surface area contributed by atoms with Gasteiger partial charge >= 0.3 is 0 Å². The standard InChI is InChI=1S/C20H20ClN3O2S/c1-3-24-19(26)15-6-4-5-7-16(15)23-20(24)27-11-10-18(25)22-17-12-14(21)9-8-13(17)2/h4-9,12H,3,10-11H2,1-2H3,(H,22,25). The van der Waals surface area contributed by atoms with Crippen LogP contribution in [0.5, 0.6) is 0 Å². The number of carbonyl (C=O) groups excluding carboxylic acids is 1. The van der Waals surface area contributed by atoms with Crippen LogP contribution in [0.4, 0.5) is 5.69 Å². The van der Waals surface area contributed by atoms with Crippen molar-refractivity contribution in [3.8, 4) is 0 Å². The first-order valence-electron chi connectivity index (χ1n) is 8.68. The predicted molar refractivity (Wildman–Crippen MR) is 112 cm³/mol. The zero-order valence-electron chi connectivity index (χ0n) is 15.2. The number of nitrogens with zero attached hydrogens (tertiary/aromatic N) is 2. The molecule has 0 spiro atoms. The summed E-state index contributed by atoms with van der Waals surface area (Å²) in [4.78, 5) is 29.4. The first kappa shape index (κ1) is 19.5. The van der Waals surface area contributed by atoms with E-state index in [4.69, 9.17) is 11.6 Å². The van der Waals surface area contributed by atoms with Gasteiger partial charge in [0.2, 0.25) is 5.91 Å². The van der Waals surface area contributed by atoms with Crippen LogP contribution in [0.15, 0.2) is 52.4 Å². The van der Waals surface area contributed by atoms with Gasteiger partial charge in [0, 0.05) is 29.4 Å². The molecule has 0 saturated carbocycles. The van der Waals surface area contributed by atoms with E-state index < -0.39 is 0 Å². The maximum atomic E-state index is 12.6. The summed E-state index contributed by atoms with van der Waals surface area (Å²) in [7, 11) is 0. The van der Waals surface area contributed by atoms with Gasteiger partial charge in [-0.1, -0.05) is 41.6 Å². The topological polar surface area (TPSA) is 64.0 Å². The largest absolute Gasteiger partial charge is 0.326 e. The summed E-state index contributed by atoms with van der Waals surface area (Å²) in [6.45, 7) is 4.36. The molecule has 1 heterocycles. The van der Waals surface area contributed by atoms with Crippen LogP contribution in [0.2, 0.25) is 5.02 Å². The summed E-state index contributed by atoms with van der Waals surface area (Å²) < 4.78 is 1.64. The number of rotatable bonds is 6. The van der Waals surface area contributed by atoms with Crippen molar-refractivity contribution >= 4 is 45.9 Å². The lowest BCUT2D eigenvalue weighted by molar-refractivity contribution is -0.115. The SMILES string of the molecule is CCn1c(SCCC(=O)Nc2cc(Cl)ccc2C)nc2ccccc2c1=O. The highest BCUT2D eigenvalue weighted by molar-refractivity contribution is 7.99. The molecule has 140 valence electrons. The Labute approximate surface area is 166 Å². The van der Waals surface area contributed by atoms with Crippen LogP contribution in [-0.4, -0.2) is 21.2 Å². The molecule has 0 saturated heterocycles. The second-order valence-electron chi connectivity index (χ2n) is 6.07. The van der Waals surface area contributed by atoms with Crippen molar-refractivity contribution in [3.63, 3.8) is 0 Å². The number of nitrogens with one attached hydrogen (secondary N) is 1. The van der Waals surface area contributed by atoms with Gasteiger partial charge in [0.15, 0.2) is 5.16 Å². The van der Waals surface area contributed by atoms with E-state index in [2.05, 4.69) is 10.3 Å². The van der Waals surface area contributed by atoms with Crippen molar-refractivity contribution in [2.45, 2.75) is 32.0 Å². The molecule has 0 radical (unpaired) electrons. The highest BCUT2D eigenvalue weighted by Crippen LogP contribution is 2.22. The molecule has 7 heteroatoms. The van der Waals surface area contributed by atoms with Gasteiger partial charge in [0.25, 0.3) is 5.56 Å². The molecule has 0 aliphatic rings. The number of halogens is 1. The van der Waals surface area contributed by atoms with Crippen molar-refractivity contribution in [2.75, 3.05) is 11.1 Å². The summed E-state index contributed by atoms with van der Waals surface area (Å²) in [5.74, 6) is 0.426. The Morgan fingerprint density at radius 3 is 2.81 bits per heavy atom. The Hall–Kier alpha value is -2.31. The number of carbonyl (C=O) groups is 1. The summed E-state index contributed by atoms with van der Waals surface area (Å²) in [6, 6.07) is 12.7. The number of hydrogen-bond acceptors (Lipinski definition) is 4. The number of anilines is 1. The van der Waals surface area contributed by atoms with Gasteiger partial charge < -0.3 is 5.32 Å². The van der Waals surface area contributed by atoms with Gasteiger partial charge in [-0.25, -0.2) is 4.98 Å². The third-order valence-corrected chi connectivity index (χ3v) is 5.39. The number of thioether (sulfide) groups is 1. The lowest BCUT2D eigenvalue weighted by atomic mass is 10.2. The Morgan fingerprint density at radius 2 is 2.04 bits per heavy atom. The minimum Gasteiger partial charge on any atom is -0.326 e. The molecular weight excluding hydrogens is 382 g/mol. The minimum atomic E-state index is -0.0981. The quantitative estimate of drug-likeness (QED) is 0.488. The molecule has 1 N–H and O–H groups in total. The number of aryl methyl sites for hydroxylation is 1. The van der Waals surface area contributed by atoms with Crippen molar-refractivity contribution in [1.82, 2.24) is 9.55 Å². The minimum absolute atomic E-state index is 0.0513. The molecule has 5 nitrogen and oxygen atoms in total. The fourth-order valence-electron chi connectivity index (χ4n) is 2.71. The van der Waals surface area contributed by atoms with Crippen LogP contribution in [0.25, 0.3) is 10.9 Å². The number of benzene rings is 2. The smallest absolute Gasteiger partial charge is 0.262 e. The number of para-hydroxylation sites is 1. The van der Waals surface area contributed by atoms with E-state index in [0.717, 1.165) is 5.56 Å². The molecule has 0 atom stereocenters. The molecule has 0 aliphatic heterocycles. The summed E-state index contributed by atoms with van der Waals surface area (Å²) >= 11 is 7.40. The van der Waals surface area contributed by atoms with Gasteiger partial charge in [-0.2, -0.15) is 0 Å². The monoisotopic (exact) mass is 401 g/mol. The van der Waals surface area contributed by atoms with E-state index in [9.17, 15) is 9.59 Å². The van der Waals surface area contributed by atoms with Crippen LogP contribution in [0.1, 0.15) is 18.9 Å². The van der Waals surface area contributed by atoms with Crippen LogP contribution in [0.3, 0.4) is 0 Å². The Balaban J connectivity index is 1.69. The molecular formula is C20H20ClN3O2S.